The van der Waals surface area contributed by atoms with Crippen molar-refractivity contribution in [3.05, 3.63) is 57.8 Å². The molecule has 3 saturated heterocycles. The minimum atomic E-state index is -2.02. The average Bonchev–Trinajstić information content (AvgIpc) is 3.26. The van der Waals surface area contributed by atoms with Gasteiger partial charge in [-0.25, -0.2) is 0 Å². The first-order valence-electron chi connectivity index (χ1n) is 20.5. The first kappa shape index (κ1) is 49.5. The summed E-state index contributed by atoms with van der Waals surface area (Å²) in [7, 11) is 1.43. The van der Waals surface area contributed by atoms with E-state index in [1.807, 2.05) is 0 Å². The normalized spacial score (nSPS) is 32.6. The predicted octanol–water partition coefficient (Wildman–Crippen LogP) is -0.966. The number of hydrogen-bond acceptors (Lipinski definition) is 22. The van der Waals surface area contributed by atoms with Crippen LogP contribution in [0.3, 0.4) is 0 Å². The van der Waals surface area contributed by atoms with Crippen molar-refractivity contribution >= 4 is 22.9 Å². The number of ether oxygens (including phenoxy) is 9. The number of aromatic hydroxyl groups is 1. The lowest BCUT2D eigenvalue weighted by molar-refractivity contribution is -0.351. The highest BCUT2D eigenvalue weighted by molar-refractivity contribution is 5.91. The van der Waals surface area contributed by atoms with Gasteiger partial charge in [-0.3, -0.25) is 14.4 Å². The summed E-state index contributed by atoms with van der Waals surface area (Å²) in [6.45, 7) is 5.84. The minimum Gasteiger partial charge on any atom is -0.507 e. The van der Waals surface area contributed by atoms with Crippen LogP contribution in [0.15, 0.2) is 51.2 Å². The third-order valence-corrected chi connectivity index (χ3v) is 11.0. The van der Waals surface area contributed by atoms with Crippen LogP contribution in [0.2, 0.25) is 0 Å². The van der Waals surface area contributed by atoms with Crippen LogP contribution in [-0.2, 0) is 44.4 Å². The Labute approximate surface area is 370 Å². The van der Waals surface area contributed by atoms with Gasteiger partial charge in [0, 0.05) is 31.0 Å². The number of rotatable bonds is 14. The van der Waals surface area contributed by atoms with E-state index >= 15 is 0 Å². The highest BCUT2D eigenvalue weighted by Gasteiger charge is 2.53. The van der Waals surface area contributed by atoms with Crippen LogP contribution in [-0.4, -0.2) is 170 Å². The van der Waals surface area contributed by atoms with E-state index in [4.69, 9.17) is 47.0 Å². The molecule has 0 radical (unpaired) electrons. The molecule has 15 atom stereocenters. The molecule has 2 aromatic carbocycles. The van der Waals surface area contributed by atoms with Crippen LogP contribution in [0.5, 0.6) is 23.0 Å². The zero-order chi connectivity index (χ0) is 47.6. The average molecular weight is 923 g/mol. The van der Waals surface area contributed by atoms with Crippen molar-refractivity contribution in [1.29, 1.82) is 0 Å². The second kappa shape index (κ2) is 20.7. The Morgan fingerprint density at radius 1 is 0.754 bits per heavy atom. The zero-order valence-corrected chi connectivity index (χ0v) is 36.1. The molecule has 358 valence electrons. The van der Waals surface area contributed by atoms with Crippen molar-refractivity contribution in [2.45, 2.75) is 133 Å². The molecule has 22 nitrogen and oxygen atoms in total. The summed E-state index contributed by atoms with van der Waals surface area (Å²) < 4.78 is 57.5. The number of carbonyl (C=O) groups excluding carboxylic acids is 2. The number of allylic oxidation sites excluding steroid dienone is 2. The highest BCUT2D eigenvalue weighted by Crippen LogP contribution is 2.42. The molecule has 4 heterocycles. The van der Waals surface area contributed by atoms with Crippen molar-refractivity contribution in [2.24, 2.45) is 0 Å². The second-order valence-electron chi connectivity index (χ2n) is 16.0. The van der Waals surface area contributed by atoms with Gasteiger partial charge in [0.2, 0.25) is 23.8 Å². The summed E-state index contributed by atoms with van der Waals surface area (Å²) in [5.74, 6) is -3.00. The van der Waals surface area contributed by atoms with Crippen LogP contribution >= 0.6 is 0 Å². The van der Waals surface area contributed by atoms with Gasteiger partial charge in [-0.15, -0.1) is 0 Å². The third kappa shape index (κ3) is 10.5. The Bertz CT molecular complexity index is 2240. The fourth-order valence-corrected chi connectivity index (χ4v) is 7.53. The van der Waals surface area contributed by atoms with Gasteiger partial charge in [0.05, 0.1) is 19.8 Å². The largest absolute Gasteiger partial charge is 0.507 e. The number of aliphatic hydroxyl groups excluding tert-OH is 8. The summed E-state index contributed by atoms with van der Waals surface area (Å²) in [6.07, 6.45) is -23.8. The number of methoxy groups -OCH3 is 1. The van der Waals surface area contributed by atoms with Crippen LogP contribution in [0, 0.1) is 0 Å². The summed E-state index contributed by atoms with van der Waals surface area (Å²) in [6, 6.07) is 7.14. The molecule has 0 bridgehead atoms. The molecule has 0 spiro atoms. The standard InChI is InChI=1S/C43H54O22/c1-16(2)7-12-22-24(60-41-33(53)31(51)28(48)25(14-44)61-41)13-23(47)27-30(50)39(37(63-38(22)27)20-8-10-21(56-6)11-9-20)64-43-35(55)40(36(17(3)58-43)59-19(5)46)65-42-34(54)32(52)29(49)26(62-42)15-57-18(4)45/h7-11,13,17,25-26,28-29,31-36,40-44,47-49,51-55H,12,14-15H2,1-6H3/t17-,25+,26-,28-,29-,31-,32-,33+,34-,35-,36+,40-,41+,42+,43+/m1/s1. The lowest BCUT2D eigenvalue weighted by Gasteiger charge is -2.46. The molecule has 0 amide bonds. The number of benzene rings is 2. The van der Waals surface area contributed by atoms with Crippen LogP contribution in [0.1, 0.15) is 40.2 Å². The Kier molecular flexibility index (Phi) is 15.8. The lowest BCUT2D eigenvalue weighted by atomic mass is 9.97. The van der Waals surface area contributed by atoms with E-state index in [-0.39, 0.29) is 34.6 Å². The maximum absolute atomic E-state index is 14.8. The van der Waals surface area contributed by atoms with Gasteiger partial charge >= 0.3 is 11.9 Å². The van der Waals surface area contributed by atoms with E-state index < -0.39 is 140 Å². The summed E-state index contributed by atoms with van der Waals surface area (Å²) in [4.78, 5) is 38.7. The molecule has 0 unspecified atom stereocenters. The fraction of sp³-hybridized carbons (Fsp3) is 0.558. The molecular formula is C43H54O22. The van der Waals surface area contributed by atoms with Crippen LogP contribution in [0.25, 0.3) is 22.3 Å². The van der Waals surface area contributed by atoms with Crippen LogP contribution < -0.4 is 19.6 Å². The number of phenolic OH excluding ortho intramolecular Hbond substituents is 1. The summed E-state index contributed by atoms with van der Waals surface area (Å²) in [5.41, 5.74) is -0.123. The van der Waals surface area contributed by atoms with Gasteiger partial charge in [0.1, 0.15) is 95.9 Å². The SMILES string of the molecule is COc1ccc(-c2oc3c(CC=C(C)C)c(O[C@H]4O[C@@H](CO)[C@@H](O)[C@@H](O)[C@@H]4O)cc(O)c3c(=O)c2O[C@@H]2O[C@H](C)[C@H](OC(C)=O)[C@H](O[C@@H]3O[C@H](COC(C)=O)[C@@H](O)[C@@H](O)[C@H]3O)[C@H]2O)cc1. The molecule has 9 N–H and O–H groups in total. The van der Waals surface area contributed by atoms with Gasteiger partial charge in [0.15, 0.2) is 18.2 Å². The minimum absolute atomic E-state index is 0.0157. The predicted molar refractivity (Wildman–Crippen MR) is 218 cm³/mol. The fourth-order valence-electron chi connectivity index (χ4n) is 7.53. The molecular weight excluding hydrogens is 868 g/mol. The van der Waals surface area contributed by atoms with Gasteiger partial charge in [-0.2, -0.15) is 0 Å². The first-order valence-corrected chi connectivity index (χ1v) is 20.5. The number of esters is 2. The van der Waals surface area contributed by atoms with Gasteiger partial charge in [-0.1, -0.05) is 11.6 Å². The number of fused-ring (bicyclic) bond motifs is 1. The Morgan fingerprint density at radius 3 is 1.97 bits per heavy atom. The van der Waals surface area contributed by atoms with E-state index in [0.29, 0.717) is 5.75 Å². The topological polar surface area (TPSA) is 329 Å². The second-order valence-corrected chi connectivity index (χ2v) is 16.0. The highest BCUT2D eigenvalue weighted by atomic mass is 16.7. The molecule has 1 aromatic heterocycles. The Hall–Kier alpha value is -4.95. The maximum atomic E-state index is 14.8. The number of carbonyl (C=O) groups is 2. The van der Waals surface area contributed by atoms with Gasteiger partial charge in [0.25, 0.3) is 0 Å². The smallest absolute Gasteiger partial charge is 0.303 e. The van der Waals surface area contributed by atoms with Crippen molar-refractivity contribution in [3.63, 3.8) is 0 Å². The monoisotopic (exact) mass is 922 g/mol. The Morgan fingerprint density at radius 2 is 1.37 bits per heavy atom. The summed E-state index contributed by atoms with van der Waals surface area (Å²) in [5, 5.41) is 96.5. The van der Waals surface area contributed by atoms with E-state index in [0.717, 1.165) is 25.5 Å². The quantitative estimate of drug-likeness (QED) is 0.0694. The van der Waals surface area contributed by atoms with E-state index in [2.05, 4.69) is 0 Å². The molecule has 22 heteroatoms. The number of hydrogen-bond donors (Lipinski definition) is 9. The number of aliphatic hydroxyl groups is 8. The van der Waals surface area contributed by atoms with Crippen molar-refractivity contribution in [2.75, 3.05) is 20.3 Å². The molecule has 65 heavy (non-hydrogen) atoms. The molecule has 3 aromatic rings. The number of phenols is 1. The molecule has 3 aliphatic rings. The van der Waals surface area contributed by atoms with Gasteiger partial charge in [-0.05, 0) is 51.5 Å². The first-order chi connectivity index (χ1) is 30.7. The van der Waals surface area contributed by atoms with E-state index in [1.165, 1.54) is 26.2 Å². The van der Waals surface area contributed by atoms with Gasteiger partial charge < -0.3 is 93.0 Å². The molecule has 0 aliphatic carbocycles. The summed E-state index contributed by atoms with van der Waals surface area (Å²) >= 11 is 0. The van der Waals surface area contributed by atoms with Crippen molar-refractivity contribution in [1.82, 2.24) is 0 Å². The van der Waals surface area contributed by atoms with Crippen molar-refractivity contribution < 1.29 is 103 Å². The molecule has 3 fully saturated rings. The van der Waals surface area contributed by atoms with E-state index in [9.17, 15) is 60.3 Å². The molecule has 0 saturated carbocycles. The zero-order valence-electron chi connectivity index (χ0n) is 36.1. The van der Waals surface area contributed by atoms with Crippen molar-refractivity contribution in [3.8, 4) is 34.3 Å². The lowest BCUT2D eigenvalue weighted by Crippen LogP contribution is -2.65. The molecule has 6 rings (SSSR count). The molecule has 3 aliphatic heterocycles. The van der Waals surface area contributed by atoms with Crippen LogP contribution in [0.4, 0.5) is 0 Å². The third-order valence-electron chi connectivity index (χ3n) is 11.0. The maximum Gasteiger partial charge on any atom is 0.303 e. The Balaban J connectivity index is 1.46. The van der Waals surface area contributed by atoms with E-state index in [1.54, 1.807) is 32.1 Å².